The third kappa shape index (κ3) is 5.80. The van der Waals surface area contributed by atoms with Crippen LogP contribution in [0.3, 0.4) is 0 Å². The lowest BCUT2D eigenvalue weighted by Gasteiger charge is -2.25. The van der Waals surface area contributed by atoms with Crippen LogP contribution in [0.4, 0.5) is 0 Å². The van der Waals surface area contributed by atoms with Crippen molar-refractivity contribution in [3.63, 3.8) is 0 Å². The number of piperidine rings is 1. The topological polar surface area (TPSA) is 33.7 Å². The van der Waals surface area contributed by atoms with E-state index in [0.29, 0.717) is 6.10 Å². The molecule has 1 heterocycles. The third-order valence-electron chi connectivity index (χ3n) is 3.11. The van der Waals surface area contributed by atoms with E-state index >= 15 is 0 Å². The minimum atomic E-state index is 0.474. The van der Waals surface area contributed by atoms with Crippen molar-refractivity contribution in [1.29, 1.82) is 0 Å². The third-order valence-corrected chi connectivity index (χ3v) is 3.11. The van der Waals surface area contributed by atoms with E-state index < -0.39 is 0 Å². The average molecular weight is 230 g/mol. The van der Waals surface area contributed by atoms with Gasteiger partial charge in [0.2, 0.25) is 0 Å². The zero-order valence-electron chi connectivity index (χ0n) is 10.7. The summed E-state index contributed by atoms with van der Waals surface area (Å²) in [6, 6.07) is 0. The summed E-state index contributed by atoms with van der Waals surface area (Å²) in [5.74, 6) is 0. The Labute approximate surface area is 99.3 Å². The fraction of sp³-hybridized carbons (Fsp3) is 1.00. The highest BCUT2D eigenvalue weighted by Crippen LogP contribution is 2.06. The van der Waals surface area contributed by atoms with Crippen LogP contribution in [-0.2, 0) is 9.47 Å². The molecule has 96 valence electrons. The molecule has 0 amide bonds. The largest absolute Gasteiger partial charge is 0.383 e. The molecule has 0 saturated carbocycles. The maximum Gasteiger partial charge on any atom is 0.0600 e. The van der Waals surface area contributed by atoms with Crippen molar-refractivity contribution >= 4 is 0 Å². The molecule has 0 aromatic heterocycles. The van der Waals surface area contributed by atoms with Crippen LogP contribution in [0.1, 0.15) is 19.8 Å². The molecule has 0 radical (unpaired) electrons. The summed E-state index contributed by atoms with van der Waals surface area (Å²) in [6.45, 7) is 9.13. The van der Waals surface area contributed by atoms with Gasteiger partial charge in [-0.1, -0.05) is 6.92 Å². The van der Waals surface area contributed by atoms with Crippen molar-refractivity contribution in [3.8, 4) is 0 Å². The molecule has 0 aromatic rings. The Morgan fingerprint density at radius 3 is 2.50 bits per heavy atom. The monoisotopic (exact) mass is 230 g/mol. The molecule has 0 spiro atoms. The van der Waals surface area contributed by atoms with Crippen LogP contribution < -0.4 is 5.32 Å². The molecule has 1 aliphatic rings. The maximum atomic E-state index is 5.87. The minimum absolute atomic E-state index is 0.474. The first-order valence-corrected chi connectivity index (χ1v) is 6.40. The predicted octanol–water partition coefficient (Wildman–Crippen LogP) is 0.723. The quantitative estimate of drug-likeness (QED) is 0.666. The Morgan fingerprint density at radius 2 is 1.88 bits per heavy atom. The SMILES string of the molecule is CCN(CCOC)CCOC1CCNCC1. The van der Waals surface area contributed by atoms with E-state index in [1.54, 1.807) is 7.11 Å². The summed E-state index contributed by atoms with van der Waals surface area (Å²) in [7, 11) is 1.75. The maximum absolute atomic E-state index is 5.87. The van der Waals surface area contributed by atoms with Crippen LogP contribution in [0.2, 0.25) is 0 Å². The van der Waals surface area contributed by atoms with E-state index in [4.69, 9.17) is 9.47 Å². The van der Waals surface area contributed by atoms with Gasteiger partial charge in [0.05, 0.1) is 19.3 Å². The highest BCUT2D eigenvalue weighted by atomic mass is 16.5. The molecule has 1 saturated heterocycles. The molecule has 0 unspecified atom stereocenters. The summed E-state index contributed by atoms with van der Waals surface area (Å²) in [4.78, 5) is 2.37. The highest BCUT2D eigenvalue weighted by Gasteiger charge is 2.13. The zero-order valence-corrected chi connectivity index (χ0v) is 10.7. The van der Waals surface area contributed by atoms with Crippen molar-refractivity contribution in [2.45, 2.75) is 25.9 Å². The first kappa shape index (κ1) is 13.9. The lowest BCUT2D eigenvalue weighted by Crippen LogP contribution is -2.35. The smallest absolute Gasteiger partial charge is 0.0600 e. The normalized spacial score (nSPS) is 18.2. The molecule has 0 aromatic carbocycles. The number of methoxy groups -OCH3 is 1. The van der Waals surface area contributed by atoms with Gasteiger partial charge in [-0.3, -0.25) is 4.90 Å². The van der Waals surface area contributed by atoms with Crippen LogP contribution in [0.25, 0.3) is 0 Å². The van der Waals surface area contributed by atoms with E-state index in [1.807, 2.05) is 0 Å². The van der Waals surface area contributed by atoms with Gasteiger partial charge in [-0.2, -0.15) is 0 Å². The van der Waals surface area contributed by atoms with Crippen molar-refractivity contribution in [2.75, 3.05) is 53.0 Å². The molecule has 1 N–H and O–H groups in total. The van der Waals surface area contributed by atoms with Gasteiger partial charge in [-0.05, 0) is 32.5 Å². The molecule has 0 atom stereocenters. The Bertz CT molecular complexity index is 161. The van der Waals surface area contributed by atoms with Gasteiger partial charge in [0.15, 0.2) is 0 Å². The second kappa shape index (κ2) is 8.93. The van der Waals surface area contributed by atoms with Gasteiger partial charge in [0.25, 0.3) is 0 Å². The molecule has 0 aliphatic carbocycles. The van der Waals surface area contributed by atoms with Crippen molar-refractivity contribution in [2.24, 2.45) is 0 Å². The Morgan fingerprint density at radius 1 is 1.19 bits per heavy atom. The number of likely N-dealkylation sites (N-methyl/N-ethyl adjacent to an activating group) is 1. The van der Waals surface area contributed by atoms with Gasteiger partial charge >= 0.3 is 0 Å². The predicted molar refractivity (Wildman–Crippen MR) is 65.8 cm³/mol. The molecule has 4 nitrogen and oxygen atoms in total. The molecular weight excluding hydrogens is 204 g/mol. The molecule has 1 aliphatic heterocycles. The molecule has 4 heteroatoms. The number of hydrogen-bond acceptors (Lipinski definition) is 4. The van der Waals surface area contributed by atoms with Crippen LogP contribution >= 0.6 is 0 Å². The van der Waals surface area contributed by atoms with Gasteiger partial charge in [-0.25, -0.2) is 0 Å². The standard InChI is InChI=1S/C12H26N2O2/c1-3-14(8-10-15-2)9-11-16-12-4-6-13-7-5-12/h12-13H,3-11H2,1-2H3. The number of rotatable bonds is 8. The number of ether oxygens (including phenoxy) is 2. The van der Waals surface area contributed by atoms with Gasteiger partial charge < -0.3 is 14.8 Å². The lowest BCUT2D eigenvalue weighted by molar-refractivity contribution is 0.0178. The second-order valence-corrected chi connectivity index (χ2v) is 4.25. The first-order valence-electron chi connectivity index (χ1n) is 6.40. The van der Waals surface area contributed by atoms with Gasteiger partial charge in [-0.15, -0.1) is 0 Å². The van der Waals surface area contributed by atoms with E-state index in [1.165, 1.54) is 0 Å². The zero-order chi connectivity index (χ0) is 11.6. The van der Waals surface area contributed by atoms with Gasteiger partial charge in [0, 0.05) is 20.2 Å². The average Bonchev–Trinajstić information content (AvgIpc) is 2.35. The fourth-order valence-electron chi connectivity index (χ4n) is 1.96. The lowest BCUT2D eigenvalue weighted by atomic mass is 10.1. The molecule has 16 heavy (non-hydrogen) atoms. The highest BCUT2D eigenvalue weighted by molar-refractivity contribution is 4.68. The van der Waals surface area contributed by atoms with Crippen LogP contribution in [-0.4, -0.2) is 64.1 Å². The number of nitrogens with one attached hydrogen (secondary N) is 1. The summed E-state index contributed by atoms with van der Waals surface area (Å²) in [5.41, 5.74) is 0. The summed E-state index contributed by atoms with van der Waals surface area (Å²) >= 11 is 0. The summed E-state index contributed by atoms with van der Waals surface area (Å²) < 4.78 is 11.0. The van der Waals surface area contributed by atoms with Crippen LogP contribution in [0.15, 0.2) is 0 Å². The molecule has 1 rings (SSSR count). The van der Waals surface area contributed by atoms with Crippen molar-refractivity contribution in [1.82, 2.24) is 10.2 Å². The summed E-state index contributed by atoms with van der Waals surface area (Å²) in [6.07, 6.45) is 2.79. The van der Waals surface area contributed by atoms with Crippen molar-refractivity contribution < 1.29 is 9.47 Å². The molecule has 1 fully saturated rings. The minimum Gasteiger partial charge on any atom is -0.383 e. The summed E-state index contributed by atoms with van der Waals surface area (Å²) in [5, 5.41) is 3.35. The second-order valence-electron chi connectivity index (χ2n) is 4.25. The Hall–Kier alpha value is -0.160. The van der Waals surface area contributed by atoms with Crippen LogP contribution in [0.5, 0.6) is 0 Å². The number of hydrogen-bond donors (Lipinski definition) is 1. The first-order chi connectivity index (χ1) is 7.86. The van der Waals surface area contributed by atoms with Crippen LogP contribution in [0, 0.1) is 0 Å². The van der Waals surface area contributed by atoms with Crippen molar-refractivity contribution in [3.05, 3.63) is 0 Å². The van der Waals surface area contributed by atoms with E-state index in [9.17, 15) is 0 Å². The molecule has 0 bridgehead atoms. The van der Waals surface area contributed by atoms with E-state index in [2.05, 4.69) is 17.1 Å². The Balaban J connectivity index is 2.02. The van der Waals surface area contributed by atoms with E-state index in [-0.39, 0.29) is 0 Å². The number of nitrogens with zero attached hydrogens (tertiary/aromatic N) is 1. The van der Waals surface area contributed by atoms with Gasteiger partial charge in [0.1, 0.15) is 0 Å². The molecular formula is C12H26N2O2. The Kier molecular flexibility index (Phi) is 7.76. The van der Waals surface area contributed by atoms with E-state index in [0.717, 1.165) is 58.8 Å². The fourth-order valence-corrected chi connectivity index (χ4v) is 1.96.